The number of aromatic nitrogens is 4. The van der Waals surface area contributed by atoms with E-state index in [9.17, 15) is 4.79 Å². The molecule has 1 amide bonds. The number of carbonyl (C=O) groups excluding carboxylic acids is 1. The second-order valence-electron chi connectivity index (χ2n) is 7.65. The Balaban J connectivity index is 1.58. The van der Waals surface area contributed by atoms with E-state index in [0.29, 0.717) is 13.1 Å². The standard InChI is InChI=1S/C17H27N7O/c1-17(2,10-18)11-22(3)16(25)13-6-8-23(9-7-13)15-5-4-14-20-19-12-24(14)21-15/h4-5,12-13H,6-11,18H2,1-3H3. The predicted molar refractivity (Wildman–Crippen MR) is 96.2 cm³/mol. The molecule has 0 aromatic carbocycles. The molecule has 25 heavy (non-hydrogen) atoms. The minimum absolute atomic E-state index is 0.0523. The molecule has 1 aliphatic rings. The first-order chi connectivity index (χ1) is 11.9. The summed E-state index contributed by atoms with van der Waals surface area (Å²) in [6.45, 7) is 7.09. The van der Waals surface area contributed by atoms with Crippen LogP contribution in [0.5, 0.6) is 0 Å². The van der Waals surface area contributed by atoms with Crippen LogP contribution in [-0.4, -0.2) is 63.8 Å². The molecule has 1 fully saturated rings. The summed E-state index contributed by atoms with van der Waals surface area (Å²) in [5.41, 5.74) is 6.47. The highest BCUT2D eigenvalue weighted by Crippen LogP contribution is 2.24. The van der Waals surface area contributed by atoms with Crippen molar-refractivity contribution in [1.29, 1.82) is 0 Å². The maximum absolute atomic E-state index is 12.7. The van der Waals surface area contributed by atoms with Crippen LogP contribution in [0.4, 0.5) is 5.82 Å². The molecule has 0 bridgehead atoms. The predicted octanol–water partition coefficient (Wildman–Crippen LogP) is 0.784. The van der Waals surface area contributed by atoms with Crippen molar-refractivity contribution in [1.82, 2.24) is 24.7 Å². The molecular formula is C17H27N7O. The number of piperidine rings is 1. The van der Waals surface area contributed by atoms with Crippen molar-refractivity contribution in [2.75, 3.05) is 38.1 Å². The third kappa shape index (κ3) is 3.89. The summed E-state index contributed by atoms with van der Waals surface area (Å²) in [6.07, 6.45) is 3.28. The molecular weight excluding hydrogens is 318 g/mol. The zero-order valence-electron chi connectivity index (χ0n) is 15.2. The second kappa shape index (κ2) is 6.95. The summed E-state index contributed by atoms with van der Waals surface area (Å²) >= 11 is 0. The largest absolute Gasteiger partial charge is 0.355 e. The summed E-state index contributed by atoms with van der Waals surface area (Å²) in [5, 5.41) is 12.4. The lowest BCUT2D eigenvalue weighted by Crippen LogP contribution is -2.45. The van der Waals surface area contributed by atoms with Gasteiger partial charge in [-0.15, -0.1) is 15.3 Å². The first-order valence-corrected chi connectivity index (χ1v) is 8.77. The highest BCUT2D eigenvalue weighted by Gasteiger charge is 2.30. The van der Waals surface area contributed by atoms with Crippen LogP contribution in [-0.2, 0) is 4.79 Å². The number of fused-ring (bicyclic) bond motifs is 1. The van der Waals surface area contributed by atoms with Crippen LogP contribution in [0, 0.1) is 11.3 Å². The van der Waals surface area contributed by atoms with Crippen LogP contribution in [0.2, 0.25) is 0 Å². The van der Waals surface area contributed by atoms with Gasteiger partial charge in [0.15, 0.2) is 5.65 Å². The number of rotatable bonds is 5. The molecule has 0 unspecified atom stereocenters. The van der Waals surface area contributed by atoms with Crippen LogP contribution in [0.1, 0.15) is 26.7 Å². The molecule has 1 saturated heterocycles. The Hall–Kier alpha value is -2.22. The van der Waals surface area contributed by atoms with Gasteiger partial charge in [0.05, 0.1) is 0 Å². The van der Waals surface area contributed by atoms with Gasteiger partial charge in [-0.3, -0.25) is 4.79 Å². The minimum atomic E-state index is -0.0523. The van der Waals surface area contributed by atoms with E-state index >= 15 is 0 Å². The van der Waals surface area contributed by atoms with Crippen molar-refractivity contribution in [3.63, 3.8) is 0 Å². The Bertz CT molecular complexity index is 733. The Kier molecular flexibility index (Phi) is 4.89. The molecule has 8 nitrogen and oxygen atoms in total. The molecule has 0 radical (unpaired) electrons. The van der Waals surface area contributed by atoms with Gasteiger partial charge < -0.3 is 15.5 Å². The molecule has 3 rings (SSSR count). The van der Waals surface area contributed by atoms with Crippen LogP contribution in [0.3, 0.4) is 0 Å². The number of hydrogen-bond donors (Lipinski definition) is 1. The SMILES string of the molecule is CN(CC(C)(C)CN)C(=O)C1CCN(c2ccc3nncn3n2)CC1. The molecule has 8 heteroatoms. The molecule has 1 aliphatic heterocycles. The summed E-state index contributed by atoms with van der Waals surface area (Å²) in [6, 6.07) is 3.87. The molecule has 0 saturated carbocycles. The fourth-order valence-corrected chi connectivity index (χ4v) is 3.34. The Morgan fingerprint density at radius 1 is 1.36 bits per heavy atom. The molecule has 0 atom stereocenters. The zero-order chi connectivity index (χ0) is 18.0. The van der Waals surface area contributed by atoms with Gasteiger partial charge in [-0.25, -0.2) is 0 Å². The number of anilines is 1. The second-order valence-corrected chi connectivity index (χ2v) is 7.65. The smallest absolute Gasteiger partial charge is 0.225 e. The van der Waals surface area contributed by atoms with Crippen LogP contribution in [0.15, 0.2) is 18.5 Å². The molecule has 136 valence electrons. The van der Waals surface area contributed by atoms with Crippen molar-refractivity contribution < 1.29 is 4.79 Å². The lowest BCUT2D eigenvalue weighted by Gasteiger charge is -2.35. The number of amides is 1. The van der Waals surface area contributed by atoms with Gasteiger partial charge >= 0.3 is 0 Å². The highest BCUT2D eigenvalue weighted by atomic mass is 16.2. The highest BCUT2D eigenvalue weighted by molar-refractivity contribution is 5.79. The maximum Gasteiger partial charge on any atom is 0.225 e. The van der Waals surface area contributed by atoms with Gasteiger partial charge in [-0.2, -0.15) is 4.52 Å². The van der Waals surface area contributed by atoms with Crippen molar-refractivity contribution in [3.8, 4) is 0 Å². The van der Waals surface area contributed by atoms with E-state index in [0.717, 1.165) is 37.4 Å². The van der Waals surface area contributed by atoms with E-state index in [4.69, 9.17) is 5.73 Å². The van der Waals surface area contributed by atoms with Gasteiger partial charge in [0.2, 0.25) is 5.91 Å². The number of nitrogens with zero attached hydrogens (tertiary/aromatic N) is 6. The van der Waals surface area contributed by atoms with E-state index in [2.05, 4.69) is 34.0 Å². The normalized spacial score (nSPS) is 16.4. The van der Waals surface area contributed by atoms with Crippen LogP contribution >= 0.6 is 0 Å². The molecule has 0 spiro atoms. The first kappa shape index (κ1) is 17.6. The fourth-order valence-electron chi connectivity index (χ4n) is 3.34. The molecule has 0 aliphatic carbocycles. The van der Waals surface area contributed by atoms with E-state index in [1.165, 1.54) is 0 Å². The van der Waals surface area contributed by atoms with Crippen LogP contribution in [0.25, 0.3) is 5.65 Å². The van der Waals surface area contributed by atoms with Crippen molar-refractivity contribution in [2.24, 2.45) is 17.1 Å². The Morgan fingerprint density at radius 3 is 2.76 bits per heavy atom. The quantitative estimate of drug-likeness (QED) is 0.861. The summed E-state index contributed by atoms with van der Waals surface area (Å²) in [4.78, 5) is 16.8. The molecule has 2 aromatic heterocycles. The fraction of sp³-hybridized carbons (Fsp3) is 0.647. The average Bonchev–Trinajstić information content (AvgIpc) is 3.08. The molecule has 2 N–H and O–H groups in total. The van der Waals surface area contributed by atoms with Gasteiger partial charge in [-0.05, 0) is 36.9 Å². The van der Waals surface area contributed by atoms with Crippen molar-refractivity contribution in [2.45, 2.75) is 26.7 Å². The average molecular weight is 345 g/mol. The van der Waals surface area contributed by atoms with Gasteiger partial charge in [0.25, 0.3) is 0 Å². The number of nitrogens with two attached hydrogens (primary N) is 1. The first-order valence-electron chi connectivity index (χ1n) is 8.77. The number of carbonyl (C=O) groups is 1. The molecule has 2 aromatic rings. The monoisotopic (exact) mass is 345 g/mol. The zero-order valence-corrected chi connectivity index (χ0v) is 15.2. The van der Waals surface area contributed by atoms with E-state index in [1.54, 1.807) is 10.8 Å². The topological polar surface area (TPSA) is 92.6 Å². The minimum Gasteiger partial charge on any atom is -0.355 e. The third-order valence-electron chi connectivity index (χ3n) is 4.91. The van der Waals surface area contributed by atoms with Gasteiger partial charge in [0, 0.05) is 32.6 Å². The number of hydrogen-bond acceptors (Lipinski definition) is 6. The lowest BCUT2D eigenvalue weighted by atomic mass is 9.91. The van der Waals surface area contributed by atoms with Crippen LogP contribution < -0.4 is 10.6 Å². The summed E-state index contributed by atoms with van der Waals surface area (Å²) in [7, 11) is 1.88. The van der Waals surface area contributed by atoms with Gasteiger partial charge in [0.1, 0.15) is 12.1 Å². The molecule has 3 heterocycles. The van der Waals surface area contributed by atoms with Crippen molar-refractivity contribution in [3.05, 3.63) is 18.5 Å². The summed E-state index contributed by atoms with van der Waals surface area (Å²) in [5.74, 6) is 1.20. The van der Waals surface area contributed by atoms with Gasteiger partial charge in [-0.1, -0.05) is 13.8 Å². The maximum atomic E-state index is 12.7. The lowest BCUT2D eigenvalue weighted by molar-refractivity contribution is -0.136. The van der Waals surface area contributed by atoms with E-state index in [1.807, 2.05) is 24.1 Å². The summed E-state index contributed by atoms with van der Waals surface area (Å²) < 4.78 is 1.68. The Morgan fingerprint density at radius 2 is 2.08 bits per heavy atom. The van der Waals surface area contributed by atoms with E-state index in [-0.39, 0.29) is 17.2 Å². The van der Waals surface area contributed by atoms with Crippen molar-refractivity contribution >= 4 is 17.4 Å². The third-order valence-corrected chi connectivity index (χ3v) is 4.91. The Labute approximate surface area is 148 Å². The van der Waals surface area contributed by atoms with E-state index < -0.39 is 0 Å².